The Kier molecular flexibility index (Phi) is 2.66. The molecular weight excluding hydrogens is 148 g/mol. The number of piperidine rings is 1. The molecule has 0 aromatic carbocycles. The average molecular weight is 168 g/mol. The van der Waals surface area contributed by atoms with E-state index < -0.39 is 0 Å². The van der Waals surface area contributed by atoms with Crippen molar-refractivity contribution in [1.82, 2.24) is 10.2 Å². The van der Waals surface area contributed by atoms with Crippen LogP contribution >= 0.6 is 0 Å². The summed E-state index contributed by atoms with van der Waals surface area (Å²) in [5, 5.41) is 3.49. The molecule has 2 nitrogen and oxygen atoms in total. The molecule has 0 amide bonds. The minimum absolute atomic E-state index is 0.842. The Morgan fingerprint density at radius 2 is 2.17 bits per heavy atom. The van der Waals surface area contributed by atoms with Crippen molar-refractivity contribution in [3.63, 3.8) is 0 Å². The van der Waals surface area contributed by atoms with Gasteiger partial charge in [0.2, 0.25) is 0 Å². The Morgan fingerprint density at radius 3 is 2.75 bits per heavy atom. The highest BCUT2D eigenvalue weighted by atomic mass is 15.2. The number of nitrogens with one attached hydrogen (secondary N) is 1. The third-order valence-electron chi connectivity index (χ3n) is 3.34. The summed E-state index contributed by atoms with van der Waals surface area (Å²) in [6, 6.07) is 1.69. The van der Waals surface area contributed by atoms with Gasteiger partial charge in [0.15, 0.2) is 0 Å². The third kappa shape index (κ3) is 1.64. The third-order valence-corrected chi connectivity index (χ3v) is 3.34. The second kappa shape index (κ2) is 3.75. The molecule has 0 aromatic rings. The van der Waals surface area contributed by atoms with Crippen LogP contribution in [0.25, 0.3) is 0 Å². The van der Waals surface area contributed by atoms with Gasteiger partial charge in [0, 0.05) is 18.6 Å². The number of rotatable bonds is 1. The lowest BCUT2D eigenvalue weighted by atomic mass is 10.1. The number of likely N-dealkylation sites (tertiary alicyclic amines) is 1. The fraction of sp³-hybridized carbons (Fsp3) is 1.00. The van der Waals surface area contributed by atoms with Gasteiger partial charge in [-0.2, -0.15) is 0 Å². The van der Waals surface area contributed by atoms with Gasteiger partial charge in [-0.1, -0.05) is 0 Å². The number of hydrogen-bond acceptors (Lipinski definition) is 2. The monoisotopic (exact) mass is 168 g/mol. The second-order valence-corrected chi connectivity index (χ2v) is 4.23. The number of hydrogen-bond donors (Lipinski definition) is 1. The largest absolute Gasteiger partial charge is 0.315 e. The first-order chi connectivity index (χ1) is 5.88. The lowest BCUT2D eigenvalue weighted by molar-refractivity contribution is 0.160. The van der Waals surface area contributed by atoms with Crippen molar-refractivity contribution in [2.24, 2.45) is 0 Å². The molecule has 0 spiro atoms. The molecule has 2 rings (SSSR count). The van der Waals surface area contributed by atoms with Crippen LogP contribution in [0.5, 0.6) is 0 Å². The van der Waals surface area contributed by atoms with Gasteiger partial charge in [0.05, 0.1) is 0 Å². The molecule has 1 N–H and O–H groups in total. The van der Waals surface area contributed by atoms with Gasteiger partial charge >= 0.3 is 0 Å². The van der Waals surface area contributed by atoms with E-state index in [9.17, 15) is 0 Å². The molecule has 0 saturated carbocycles. The summed E-state index contributed by atoms with van der Waals surface area (Å²) in [6.07, 6.45) is 5.61. The van der Waals surface area contributed by atoms with E-state index in [1.165, 1.54) is 45.3 Å². The lowest BCUT2D eigenvalue weighted by Gasteiger charge is -2.34. The quantitative estimate of drug-likeness (QED) is 0.633. The molecule has 0 bridgehead atoms. The Labute approximate surface area is 75.3 Å². The van der Waals surface area contributed by atoms with Crippen molar-refractivity contribution in [2.45, 2.75) is 44.7 Å². The highest BCUT2D eigenvalue weighted by Crippen LogP contribution is 2.22. The molecule has 12 heavy (non-hydrogen) atoms. The predicted molar refractivity (Wildman–Crippen MR) is 51.3 cm³/mol. The molecule has 2 heterocycles. The van der Waals surface area contributed by atoms with Crippen LogP contribution in [0.3, 0.4) is 0 Å². The molecule has 0 radical (unpaired) electrons. The van der Waals surface area contributed by atoms with Crippen LogP contribution in [-0.2, 0) is 0 Å². The first kappa shape index (κ1) is 8.52. The summed E-state index contributed by atoms with van der Waals surface area (Å²) in [5.41, 5.74) is 0. The molecule has 70 valence electrons. The Bertz CT molecular complexity index is 141. The molecule has 2 heteroatoms. The summed E-state index contributed by atoms with van der Waals surface area (Å²) in [7, 11) is 0. The van der Waals surface area contributed by atoms with Crippen molar-refractivity contribution in [2.75, 3.05) is 19.6 Å². The van der Waals surface area contributed by atoms with E-state index >= 15 is 0 Å². The zero-order chi connectivity index (χ0) is 8.39. The van der Waals surface area contributed by atoms with Crippen molar-refractivity contribution < 1.29 is 0 Å². The van der Waals surface area contributed by atoms with Crippen molar-refractivity contribution in [3.05, 3.63) is 0 Å². The molecule has 0 aliphatic carbocycles. The van der Waals surface area contributed by atoms with Crippen LogP contribution < -0.4 is 5.32 Å². The molecule has 2 aliphatic rings. The highest BCUT2D eigenvalue weighted by Gasteiger charge is 2.28. The summed E-state index contributed by atoms with van der Waals surface area (Å²) < 4.78 is 0. The van der Waals surface area contributed by atoms with Crippen LogP contribution in [0.15, 0.2) is 0 Å². The van der Waals surface area contributed by atoms with Crippen molar-refractivity contribution in [1.29, 1.82) is 0 Å². The van der Waals surface area contributed by atoms with Crippen LogP contribution in [0.1, 0.15) is 32.6 Å². The van der Waals surface area contributed by atoms with E-state index in [4.69, 9.17) is 0 Å². The summed E-state index contributed by atoms with van der Waals surface area (Å²) in [4.78, 5) is 2.70. The van der Waals surface area contributed by atoms with Crippen LogP contribution in [0.2, 0.25) is 0 Å². The van der Waals surface area contributed by atoms with E-state index in [2.05, 4.69) is 17.1 Å². The molecule has 2 unspecified atom stereocenters. The van der Waals surface area contributed by atoms with Crippen LogP contribution in [-0.4, -0.2) is 36.6 Å². The molecule has 0 aromatic heterocycles. The first-order valence-corrected chi connectivity index (χ1v) is 5.34. The fourth-order valence-corrected chi connectivity index (χ4v) is 2.61. The van der Waals surface area contributed by atoms with Crippen LogP contribution in [0, 0.1) is 0 Å². The molecule has 2 saturated heterocycles. The summed E-state index contributed by atoms with van der Waals surface area (Å²) in [6.45, 7) is 6.18. The molecule has 2 atom stereocenters. The van der Waals surface area contributed by atoms with Gasteiger partial charge in [0.1, 0.15) is 0 Å². The molecule has 2 aliphatic heterocycles. The predicted octanol–water partition coefficient (Wildman–Crippen LogP) is 1.22. The minimum atomic E-state index is 0.842. The van der Waals surface area contributed by atoms with Gasteiger partial charge in [-0.15, -0.1) is 0 Å². The first-order valence-electron chi connectivity index (χ1n) is 5.34. The molecule has 2 fully saturated rings. The smallest absolute Gasteiger partial charge is 0.0223 e. The fourth-order valence-electron chi connectivity index (χ4n) is 2.61. The van der Waals surface area contributed by atoms with Gasteiger partial charge in [-0.05, 0) is 45.7 Å². The van der Waals surface area contributed by atoms with Crippen molar-refractivity contribution >= 4 is 0 Å². The van der Waals surface area contributed by atoms with Gasteiger partial charge in [-0.25, -0.2) is 0 Å². The average Bonchev–Trinajstić information content (AvgIpc) is 2.53. The Balaban J connectivity index is 1.89. The zero-order valence-electron chi connectivity index (χ0n) is 8.05. The van der Waals surface area contributed by atoms with E-state index in [0.29, 0.717) is 0 Å². The Hall–Kier alpha value is -0.0800. The normalized spacial score (nSPS) is 38.8. The van der Waals surface area contributed by atoms with Gasteiger partial charge < -0.3 is 5.32 Å². The van der Waals surface area contributed by atoms with Crippen molar-refractivity contribution in [3.8, 4) is 0 Å². The summed E-state index contributed by atoms with van der Waals surface area (Å²) in [5.74, 6) is 0. The number of nitrogens with zero attached hydrogens (tertiary/aromatic N) is 1. The maximum atomic E-state index is 3.49. The molecular formula is C10H20N2. The second-order valence-electron chi connectivity index (χ2n) is 4.23. The van der Waals surface area contributed by atoms with E-state index in [-0.39, 0.29) is 0 Å². The highest BCUT2D eigenvalue weighted by molar-refractivity contribution is 4.85. The summed E-state index contributed by atoms with van der Waals surface area (Å²) >= 11 is 0. The van der Waals surface area contributed by atoms with Crippen LogP contribution in [0.4, 0.5) is 0 Å². The zero-order valence-corrected chi connectivity index (χ0v) is 8.05. The maximum absolute atomic E-state index is 3.49. The minimum Gasteiger partial charge on any atom is -0.315 e. The van der Waals surface area contributed by atoms with E-state index in [0.717, 1.165) is 12.1 Å². The SMILES string of the molecule is CC1CCCN1C1CCCNC1. The Morgan fingerprint density at radius 1 is 1.25 bits per heavy atom. The lowest BCUT2D eigenvalue weighted by Crippen LogP contribution is -2.47. The van der Waals surface area contributed by atoms with Gasteiger partial charge in [0.25, 0.3) is 0 Å². The van der Waals surface area contributed by atoms with Gasteiger partial charge in [-0.3, -0.25) is 4.90 Å². The van der Waals surface area contributed by atoms with E-state index in [1.807, 2.05) is 0 Å². The standard InChI is InChI=1S/C10H20N2/c1-9-4-3-7-12(9)10-5-2-6-11-8-10/h9-11H,2-8H2,1H3. The van der Waals surface area contributed by atoms with E-state index in [1.54, 1.807) is 0 Å². The maximum Gasteiger partial charge on any atom is 0.0223 e. The topological polar surface area (TPSA) is 15.3 Å².